The summed E-state index contributed by atoms with van der Waals surface area (Å²) in [5.74, 6) is 0. The minimum atomic E-state index is -0.0124. The van der Waals surface area contributed by atoms with E-state index in [0.717, 1.165) is 0 Å². The van der Waals surface area contributed by atoms with E-state index in [1.807, 2.05) is 0 Å². The van der Waals surface area contributed by atoms with Gasteiger partial charge in [0.2, 0.25) is 0 Å². The van der Waals surface area contributed by atoms with E-state index in [-0.39, 0.29) is 29.3 Å². The van der Waals surface area contributed by atoms with Crippen LogP contribution in [-0.4, -0.2) is 12.0 Å². The monoisotopic (exact) mass is 319 g/mol. The van der Waals surface area contributed by atoms with Gasteiger partial charge in [-0.15, -0.1) is 0 Å². The molecule has 0 aromatic carbocycles. The molecule has 2 atom stereocenters. The predicted octanol–water partition coefficient (Wildman–Crippen LogP) is -2.80. The van der Waals surface area contributed by atoms with E-state index >= 15 is 0 Å². The third kappa shape index (κ3) is 2.97. The van der Waals surface area contributed by atoms with Crippen molar-refractivity contribution in [2.75, 3.05) is 6.66 Å². The molecule has 0 aromatic rings. The Balaban J connectivity index is 0. The molecule has 0 N–H and O–H groups in total. The van der Waals surface area contributed by atoms with Crippen molar-refractivity contribution in [2.45, 2.75) is 20.8 Å². The van der Waals surface area contributed by atoms with E-state index in [0.29, 0.717) is 7.61 Å². The maximum Gasteiger partial charge on any atom is -1.00 e. The van der Waals surface area contributed by atoms with Crippen LogP contribution >= 0.6 is 12.1 Å². The zero-order chi connectivity index (χ0) is 7.89. The van der Waals surface area contributed by atoms with E-state index in [1.54, 1.807) is 40.3 Å². The average molecular weight is 321 g/mol. The van der Waals surface area contributed by atoms with Crippen molar-refractivity contribution >= 4 is 17.4 Å². The molecule has 69 valence electrons. The topological polar surface area (TPSA) is 0 Å². The molecule has 0 spiro atoms. The molecular weight excluding hydrogens is 308 g/mol. The molecule has 1 aliphatic rings. The van der Waals surface area contributed by atoms with Gasteiger partial charge >= 0.3 is 79.9 Å². The van der Waals surface area contributed by atoms with Crippen molar-refractivity contribution in [3.63, 3.8) is 0 Å². The van der Waals surface area contributed by atoms with Gasteiger partial charge < -0.3 is 24.8 Å². The van der Waals surface area contributed by atoms with Crippen LogP contribution < -0.4 is 24.8 Å². The second-order valence-corrected chi connectivity index (χ2v) is 16.1. The van der Waals surface area contributed by atoms with Crippen molar-refractivity contribution in [2.24, 2.45) is 0 Å². The van der Waals surface area contributed by atoms with E-state index < -0.39 is 0 Å². The summed E-state index contributed by atoms with van der Waals surface area (Å²) in [5.41, 5.74) is 1.64. The summed E-state index contributed by atoms with van der Waals surface area (Å²) in [6, 6.07) is 0. The molecule has 1 heterocycles. The standard InChI is InChI=1S/C7H12P2.2ClH.Zr/c1-5-6(2)8-9(4)7(5)3;;;/h1-4H3;2*1H;/q;;;+1/p-1. The van der Waals surface area contributed by atoms with Gasteiger partial charge in [0.25, 0.3) is 0 Å². The molecule has 2 unspecified atom stereocenters. The molecule has 0 aliphatic carbocycles. The van der Waals surface area contributed by atoms with E-state index in [9.17, 15) is 0 Å². The molecule has 0 bridgehead atoms. The molecule has 0 saturated heterocycles. The smallest absolute Gasteiger partial charge is 1.00 e. The van der Waals surface area contributed by atoms with Crippen molar-refractivity contribution in [3.05, 3.63) is 10.9 Å². The summed E-state index contributed by atoms with van der Waals surface area (Å²) in [7, 11) is 0.318. The zero-order valence-electron chi connectivity index (χ0n) is 7.70. The van der Waals surface area contributed by atoms with Gasteiger partial charge in [-0.25, -0.2) is 0 Å². The van der Waals surface area contributed by atoms with Crippen molar-refractivity contribution in [1.82, 2.24) is 0 Å². The molecular formula is C7H13Cl2P2Zr. The largest absolute Gasteiger partial charge is 1.00 e. The summed E-state index contributed by atoms with van der Waals surface area (Å²) in [6.07, 6.45) is 0. The summed E-state index contributed by atoms with van der Waals surface area (Å²) in [5, 5.41) is 3.48. The maximum atomic E-state index is 2.45. The Morgan fingerprint density at radius 3 is 1.67 bits per heavy atom. The van der Waals surface area contributed by atoms with E-state index in [1.165, 1.54) is 0 Å². The Kier molecular flexibility index (Phi) is 8.76. The first-order valence-corrected chi connectivity index (χ1v) is 11.2. The fraction of sp³-hybridized carbons (Fsp3) is 0.571. The van der Waals surface area contributed by atoms with E-state index in [4.69, 9.17) is 0 Å². The van der Waals surface area contributed by atoms with Crippen molar-refractivity contribution in [3.8, 4) is 0 Å². The third-order valence-electron chi connectivity index (χ3n) is 2.30. The van der Waals surface area contributed by atoms with Gasteiger partial charge in [-0.3, -0.25) is 0 Å². The molecule has 5 heteroatoms. The van der Waals surface area contributed by atoms with Gasteiger partial charge in [-0.05, 0) is 0 Å². The fourth-order valence-corrected chi connectivity index (χ4v) is 11.9. The van der Waals surface area contributed by atoms with Crippen LogP contribution in [0, 0.1) is 0 Å². The molecule has 1 aliphatic heterocycles. The van der Waals surface area contributed by atoms with Gasteiger partial charge in [0.05, 0.1) is 0 Å². The van der Waals surface area contributed by atoms with E-state index in [2.05, 4.69) is 27.4 Å². The molecule has 0 fully saturated rings. The summed E-state index contributed by atoms with van der Waals surface area (Å²) in [4.78, 5) is 0. The Hall–Kier alpha value is 1.93. The van der Waals surface area contributed by atoms with Crippen LogP contribution in [0.5, 0.6) is 0 Å². The minimum absolute atomic E-state index is 0. The van der Waals surface area contributed by atoms with Gasteiger partial charge in [0.1, 0.15) is 0 Å². The Labute approximate surface area is 104 Å². The second-order valence-electron chi connectivity index (χ2n) is 2.74. The van der Waals surface area contributed by atoms with Crippen LogP contribution in [0.4, 0.5) is 0 Å². The van der Waals surface area contributed by atoms with Crippen LogP contribution in [0.25, 0.3) is 0 Å². The first-order valence-electron chi connectivity index (χ1n) is 3.39. The number of allylic oxidation sites excluding steroid dienone is 2. The SMILES string of the molecule is CC1=C(C)P(C)[PH]([Zr+2])=C1C.[Cl-].[Cl-]. The normalized spacial score (nSPS) is 28.3. The maximum absolute atomic E-state index is 2.45. The van der Waals surface area contributed by atoms with Crippen LogP contribution in [0.15, 0.2) is 10.9 Å². The summed E-state index contributed by atoms with van der Waals surface area (Å²) < 4.78 is -0.0124. The van der Waals surface area contributed by atoms with Crippen LogP contribution in [0.2, 0.25) is 0 Å². The molecule has 0 aromatic heterocycles. The third-order valence-corrected chi connectivity index (χ3v) is 19.6. The van der Waals surface area contributed by atoms with Gasteiger partial charge in [0.15, 0.2) is 0 Å². The predicted molar refractivity (Wildman–Crippen MR) is 50.2 cm³/mol. The number of halogens is 2. The van der Waals surface area contributed by atoms with Crippen LogP contribution in [0.1, 0.15) is 20.8 Å². The van der Waals surface area contributed by atoms with Gasteiger partial charge in [-0.2, -0.15) is 0 Å². The second kappa shape index (κ2) is 6.42. The van der Waals surface area contributed by atoms with Crippen molar-refractivity contribution < 1.29 is 49.0 Å². The minimum Gasteiger partial charge on any atom is -1.00 e. The number of hydrogen-bond acceptors (Lipinski definition) is 0. The number of rotatable bonds is 0. The average Bonchev–Trinajstić information content (AvgIpc) is 2.07. The molecule has 1 rings (SSSR count). The number of hydrogen-bond donors (Lipinski definition) is 0. The first-order chi connectivity index (χ1) is 4.55. The summed E-state index contributed by atoms with van der Waals surface area (Å²) in [6.45, 7) is 9.42. The Morgan fingerprint density at radius 2 is 1.58 bits per heavy atom. The van der Waals surface area contributed by atoms with Crippen LogP contribution in [0.3, 0.4) is 0 Å². The summed E-state index contributed by atoms with van der Waals surface area (Å²) >= 11 is 1.80. The molecule has 0 nitrogen and oxygen atoms in total. The quantitative estimate of drug-likeness (QED) is 0.423. The molecule has 0 radical (unpaired) electrons. The van der Waals surface area contributed by atoms with Gasteiger partial charge in [-0.1, -0.05) is 0 Å². The van der Waals surface area contributed by atoms with Crippen molar-refractivity contribution in [1.29, 1.82) is 0 Å². The molecule has 0 amide bonds. The Bertz CT molecular complexity index is 212. The van der Waals surface area contributed by atoms with Gasteiger partial charge in [0, 0.05) is 0 Å². The fourth-order valence-electron chi connectivity index (χ4n) is 1.12. The first kappa shape index (κ1) is 16.4. The molecule has 0 saturated carbocycles. The molecule has 12 heavy (non-hydrogen) atoms. The zero-order valence-corrected chi connectivity index (χ0v) is 13.6. The Morgan fingerprint density at radius 1 is 1.17 bits per heavy atom. The van der Waals surface area contributed by atoms with Crippen LogP contribution in [-0.2, 0) is 24.1 Å².